The van der Waals surface area contributed by atoms with E-state index in [2.05, 4.69) is 19.2 Å². The Kier molecular flexibility index (Phi) is 5.51. The zero-order valence-corrected chi connectivity index (χ0v) is 6.72. The van der Waals surface area contributed by atoms with E-state index in [9.17, 15) is 0 Å². The molecule has 0 nitrogen and oxygen atoms in total. The molecule has 0 aliphatic rings. The number of hydrogen-bond acceptors (Lipinski definition) is 0. The number of allylic oxidation sites excluding steroid dienone is 4. The lowest BCUT2D eigenvalue weighted by Crippen LogP contribution is -1.68. The molecular weight excluding hydrogens is 120 g/mol. The van der Waals surface area contributed by atoms with E-state index in [0.717, 1.165) is 6.42 Å². The van der Waals surface area contributed by atoms with E-state index in [1.165, 1.54) is 5.57 Å². The standard InChI is InChI=1S/C10H14/c1-4-7-9-10(6-3)8-5-2/h4-5,7,9H,1,6H2,2-3H3. The topological polar surface area (TPSA) is 0 Å². The fourth-order valence-electron chi connectivity index (χ4n) is 0.638. The van der Waals surface area contributed by atoms with Crippen LogP contribution in [0.3, 0.4) is 0 Å². The Bertz CT molecular complexity index is 176. The van der Waals surface area contributed by atoms with Crippen LogP contribution in [-0.2, 0) is 0 Å². The molecule has 0 unspecified atom stereocenters. The van der Waals surface area contributed by atoms with Crippen molar-refractivity contribution >= 4 is 0 Å². The van der Waals surface area contributed by atoms with Gasteiger partial charge < -0.3 is 0 Å². The highest BCUT2D eigenvalue weighted by Crippen LogP contribution is 1.99. The molecule has 0 aromatic heterocycles. The van der Waals surface area contributed by atoms with E-state index < -0.39 is 0 Å². The predicted molar refractivity (Wildman–Crippen MR) is 46.9 cm³/mol. The molecule has 0 amide bonds. The molecule has 0 saturated carbocycles. The van der Waals surface area contributed by atoms with Gasteiger partial charge in [-0.2, -0.15) is 0 Å². The van der Waals surface area contributed by atoms with Gasteiger partial charge in [0.15, 0.2) is 0 Å². The van der Waals surface area contributed by atoms with E-state index >= 15 is 0 Å². The first-order chi connectivity index (χ1) is 4.85. The summed E-state index contributed by atoms with van der Waals surface area (Å²) in [6.45, 7) is 7.67. The fourth-order valence-corrected chi connectivity index (χ4v) is 0.638. The van der Waals surface area contributed by atoms with Crippen molar-refractivity contribution in [3.05, 3.63) is 42.2 Å². The molecule has 54 valence electrons. The first-order valence-corrected chi connectivity index (χ1v) is 3.54. The third-order valence-corrected chi connectivity index (χ3v) is 1.14. The molecule has 0 bridgehead atoms. The molecule has 0 saturated heterocycles. The van der Waals surface area contributed by atoms with Gasteiger partial charge in [-0.25, -0.2) is 0 Å². The van der Waals surface area contributed by atoms with E-state index in [1.807, 2.05) is 25.2 Å². The largest absolute Gasteiger partial charge is 0.122 e. The first kappa shape index (κ1) is 9.00. The van der Waals surface area contributed by atoms with E-state index in [4.69, 9.17) is 0 Å². The van der Waals surface area contributed by atoms with Crippen LogP contribution in [0.2, 0.25) is 0 Å². The Morgan fingerprint density at radius 2 is 2.30 bits per heavy atom. The van der Waals surface area contributed by atoms with Crippen LogP contribution in [0, 0.1) is 0 Å². The quantitative estimate of drug-likeness (QED) is 0.410. The van der Waals surface area contributed by atoms with Gasteiger partial charge in [0.05, 0.1) is 0 Å². The lowest BCUT2D eigenvalue weighted by Gasteiger charge is -1.87. The summed E-state index contributed by atoms with van der Waals surface area (Å²) in [4.78, 5) is 0. The zero-order chi connectivity index (χ0) is 7.82. The van der Waals surface area contributed by atoms with Crippen LogP contribution in [0.15, 0.2) is 42.2 Å². The summed E-state index contributed by atoms with van der Waals surface area (Å²) >= 11 is 0. The predicted octanol–water partition coefficient (Wildman–Crippen LogP) is 3.24. The number of rotatable bonds is 3. The van der Waals surface area contributed by atoms with Crippen molar-refractivity contribution < 1.29 is 0 Å². The van der Waals surface area contributed by atoms with Gasteiger partial charge in [-0.15, -0.1) is 5.73 Å². The van der Waals surface area contributed by atoms with Crippen LogP contribution in [0.5, 0.6) is 0 Å². The molecule has 0 N–H and O–H groups in total. The highest BCUT2D eigenvalue weighted by atomic mass is 13.8. The second-order valence-corrected chi connectivity index (χ2v) is 1.91. The smallest absolute Gasteiger partial charge is 0.00666 e. The Labute approximate surface area is 63.3 Å². The molecule has 0 spiro atoms. The minimum atomic E-state index is 1.02. The summed E-state index contributed by atoms with van der Waals surface area (Å²) in [5.74, 6) is 0. The maximum atomic E-state index is 3.59. The molecule has 0 aromatic carbocycles. The molecule has 0 radical (unpaired) electrons. The third-order valence-electron chi connectivity index (χ3n) is 1.14. The Balaban J connectivity index is 4.23. The molecular formula is C10H14. The molecule has 0 heterocycles. The monoisotopic (exact) mass is 134 g/mol. The second-order valence-electron chi connectivity index (χ2n) is 1.91. The molecule has 0 heteroatoms. The highest BCUT2D eigenvalue weighted by molar-refractivity contribution is 5.20. The van der Waals surface area contributed by atoms with E-state index in [0.29, 0.717) is 0 Å². The van der Waals surface area contributed by atoms with Gasteiger partial charge in [0.25, 0.3) is 0 Å². The number of hydrogen-bond donors (Lipinski definition) is 0. The van der Waals surface area contributed by atoms with Crippen LogP contribution in [0.4, 0.5) is 0 Å². The third kappa shape index (κ3) is 3.94. The maximum absolute atomic E-state index is 3.59. The van der Waals surface area contributed by atoms with Crippen molar-refractivity contribution in [2.75, 3.05) is 0 Å². The van der Waals surface area contributed by atoms with E-state index in [-0.39, 0.29) is 0 Å². The summed E-state index contributed by atoms with van der Waals surface area (Å²) in [5.41, 5.74) is 4.33. The van der Waals surface area contributed by atoms with Gasteiger partial charge >= 0.3 is 0 Å². The molecule has 10 heavy (non-hydrogen) atoms. The van der Waals surface area contributed by atoms with Gasteiger partial charge in [-0.05, 0) is 25.0 Å². The van der Waals surface area contributed by atoms with Crippen molar-refractivity contribution in [3.8, 4) is 0 Å². The van der Waals surface area contributed by atoms with Gasteiger partial charge in [-0.3, -0.25) is 0 Å². The Morgan fingerprint density at radius 1 is 1.60 bits per heavy atom. The Hall–Kier alpha value is -1.00. The molecule has 0 aliphatic heterocycles. The van der Waals surface area contributed by atoms with Crippen molar-refractivity contribution in [2.45, 2.75) is 20.3 Å². The fraction of sp³-hybridized carbons (Fsp3) is 0.300. The van der Waals surface area contributed by atoms with Gasteiger partial charge in [-0.1, -0.05) is 31.7 Å². The van der Waals surface area contributed by atoms with Gasteiger partial charge in [0.2, 0.25) is 0 Å². The van der Waals surface area contributed by atoms with Crippen LogP contribution in [-0.4, -0.2) is 0 Å². The molecule has 0 aromatic rings. The average Bonchev–Trinajstić information content (AvgIpc) is 1.98. The van der Waals surface area contributed by atoms with Crippen molar-refractivity contribution in [1.82, 2.24) is 0 Å². The van der Waals surface area contributed by atoms with Gasteiger partial charge in [0, 0.05) is 0 Å². The minimum Gasteiger partial charge on any atom is -0.122 e. The average molecular weight is 134 g/mol. The van der Waals surface area contributed by atoms with Crippen LogP contribution >= 0.6 is 0 Å². The summed E-state index contributed by atoms with van der Waals surface area (Å²) < 4.78 is 0. The summed E-state index contributed by atoms with van der Waals surface area (Å²) in [5, 5.41) is 0. The molecule has 0 rings (SSSR count). The minimum absolute atomic E-state index is 1.02. The van der Waals surface area contributed by atoms with Crippen LogP contribution in [0.25, 0.3) is 0 Å². The van der Waals surface area contributed by atoms with E-state index in [1.54, 1.807) is 6.08 Å². The molecule has 0 fully saturated rings. The maximum Gasteiger partial charge on any atom is -0.00666 e. The lowest BCUT2D eigenvalue weighted by molar-refractivity contribution is 1.15. The zero-order valence-electron chi connectivity index (χ0n) is 6.72. The van der Waals surface area contributed by atoms with Crippen LogP contribution < -0.4 is 0 Å². The lowest BCUT2D eigenvalue weighted by atomic mass is 10.2. The Morgan fingerprint density at radius 3 is 2.70 bits per heavy atom. The van der Waals surface area contributed by atoms with Crippen LogP contribution in [0.1, 0.15) is 20.3 Å². The molecule has 0 atom stereocenters. The van der Waals surface area contributed by atoms with Crippen molar-refractivity contribution in [1.29, 1.82) is 0 Å². The van der Waals surface area contributed by atoms with Crippen molar-refractivity contribution in [2.24, 2.45) is 0 Å². The summed E-state index contributed by atoms with van der Waals surface area (Å²) in [6.07, 6.45) is 8.66. The second kappa shape index (κ2) is 6.12. The van der Waals surface area contributed by atoms with Gasteiger partial charge in [0.1, 0.15) is 0 Å². The van der Waals surface area contributed by atoms with Crippen molar-refractivity contribution in [3.63, 3.8) is 0 Å². The SMILES string of the molecule is C=CC=CC(=C=CC)CC. The summed E-state index contributed by atoms with van der Waals surface area (Å²) in [6, 6.07) is 0. The summed E-state index contributed by atoms with van der Waals surface area (Å²) in [7, 11) is 0. The normalized spacial score (nSPS) is 9.00. The molecule has 0 aliphatic carbocycles. The highest BCUT2D eigenvalue weighted by Gasteiger charge is 1.80. The first-order valence-electron chi connectivity index (χ1n) is 3.54.